The lowest BCUT2D eigenvalue weighted by Crippen LogP contribution is -2.39. The Labute approximate surface area is 136 Å². The molecular weight excluding hydrogens is 295 g/mol. The van der Waals surface area contributed by atoms with Crippen molar-refractivity contribution in [2.24, 2.45) is 7.05 Å². The van der Waals surface area contributed by atoms with E-state index in [0.717, 1.165) is 31.7 Å². The van der Waals surface area contributed by atoms with E-state index < -0.39 is 6.17 Å². The first-order valence-corrected chi connectivity index (χ1v) is 8.12. The molecule has 1 saturated heterocycles. The molecule has 6 nitrogen and oxygen atoms in total. The number of aromatic nitrogens is 4. The maximum absolute atomic E-state index is 13.9. The number of rotatable bonds is 7. The van der Waals surface area contributed by atoms with Crippen LogP contribution in [0.2, 0.25) is 0 Å². The largest absolute Gasteiger partial charge is 0.303 e. The summed E-state index contributed by atoms with van der Waals surface area (Å²) in [6, 6.07) is 2.19. The predicted octanol–water partition coefficient (Wildman–Crippen LogP) is 1.16. The Balaban J connectivity index is 1.52. The maximum atomic E-state index is 13.9. The molecule has 3 rings (SSSR count). The summed E-state index contributed by atoms with van der Waals surface area (Å²) >= 11 is 0. The molecule has 2 aromatic rings. The van der Waals surface area contributed by atoms with Crippen molar-refractivity contribution in [1.29, 1.82) is 0 Å². The molecule has 0 radical (unpaired) electrons. The molecule has 1 fully saturated rings. The lowest BCUT2D eigenvalue weighted by molar-refractivity contribution is 0.180. The fraction of sp³-hybridized carbons (Fsp3) is 0.625. The number of alkyl halides is 1. The van der Waals surface area contributed by atoms with Crippen LogP contribution in [0.5, 0.6) is 0 Å². The van der Waals surface area contributed by atoms with E-state index in [4.69, 9.17) is 0 Å². The van der Waals surface area contributed by atoms with Crippen molar-refractivity contribution in [3.05, 3.63) is 36.4 Å². The second kappa shape index (κ2) is 7.23. The highest BCUT2D eigenvalue weighted by Gasteiger charge is 2.32. The van der Waals surface area contributed by atoms with Gasteiger partial charge in [0.1, 0.15) is 6.17 Å². The minimum absolute atomic E-state index is 0.257. The Morgan fingerprint density at radius 3 is 2.96 bits per heavy atom. The Morgan fingerprint density at radius 2 is 2.26 bits per heavy atom. The zero-order valence-corrected chi connectivity index (χ0v) is 13.8. The molecule has 0 N–H and O–H groups in total. The second-order valence-electron chi connectivity index (χ2n) is 6.47. The van der Waals surface area contributed by atoms with Gasteiger partial charge in [0.15, 0.2) is 0 Å². The minimum atomic E-state index is -0.726. The number of likely N-dealkylation sites (N-methyl/N-ethyl adjacent to an activating group) is 1. The first kappa shape index (κ1) is 16.1. The van der Waals surface area contributed by atoms with Gasteiger partial charge in [-0.15, -0.1) is 0 Å². The highest BCUT2D eigenvalue weighted by atomic mass is 19.1. The molecule has 0 aromatic carbocycles. The third-order valence-electron chi connectivity index (χ3n) is 4.41. The summed E-state index contributed by atoms with van der Waals surface area (Å²) in [4.78, 5) is 4.51. The van der Waals surface area contributed by atoms with Crippen molar-refractivity contribution in [2.75, 3.05) is 26.7 Å². The van der Waals surface area contributed by atoms with Gasteiger partial charge in [0, 0.05) is 63.4 Å². The van der Waals surface area contributed by atoms with Gasteiger partial charge in [-0.3, -0.25) is 14.3 Å². The van der Waals surface area contributed by atoms with Gasteiger partial charge in [-0.25, -0.2) is 4.39 Å². The van der Waals surface area contributed by atoms with Crippen LogP contribution in [0.4, 0.5) is 4.39 Å². The summed E-state index contributed by atoms with van der Waals surface area (Å²) in [5.41, 5.74) is 1.14. The summed E-state index contributed by atoms with van der Waals surface area (Å²) in [6.07, 6.45) is 7.52. The average molecular weight is 320 g/mol. The van der Waals surface area contributed by atoms with Crippen LogP contribution in [0, 0.1) is 0 Å². The summed E-state index contributed by atoms with van der Waals surface area (Å²) in [5, 5.41) is 8.41. The number of hydrogen-bond donors (Lipinski definition) is 0. The van der Waals surface area contributed by atoms with Crippen molar-refractivity contribution < 1.29 is 4.39 Å². The van der Waals surface area contributed by atoms with Gasteiger partial charge >= 0.3 is 0 Å². The fourth-order valence-corrected chi connectivity index (χ4v) is 3.25. The van der Waals surface area contributed by atoms with Crippen LogP contribution in [0.3, 0.4) is 0 Å². The molecule has 2 atom stereocenters. The first-order chi connectivity index (χ1) is 11.1. The highest BCUT2D eigenvalue weighted by molar-refractivity contribution is 5.05. The van der Waals surface area contributed by atoms with Crippen molar-refractivity contribution in [3.63, 3.8) is 0 Å². The number of nitrogens with zero attached hydrogens (tertiary/aromatic N) is 6. The summed E-state index contributed by atoms with van der Waals surface area (Å²) in [7, 11) is 4.00. The summed E-state index contributed by atoms with van der Waals surface area (Å²) in [6.45, 7) is 3.94. The van der Waals surface area contributed by atoms with E-state index in [1.807, 2.05) is 36.4 Å². The highest BCUT2D eigenvalue weighted by Crippen LogP contribution is 2.23. The van der Waals surface area contributed by atoms with E-state index >= 15 is 0 Å². The van der Waals surface area contributed by atoms with Crippen LogP contribution in [0.25, 0.3) is 0 Å². The van der Waals surface area contributed by atoms with Crippen molar-refractivity contribution >= 4 is 0 Å². The molecule has 1 aliphatic heterocycles. The molecule has 0 aliphatic carbocycles. The lowest BCUT2D eigenvalue weighted by Gasteiger charge is -2.28. The molecule has 0 spiro atoms. The fourth-order valence-electron chi connectivity index (χ4n) is 3.25. The third-order valence-corrected chi connectivity index (χ3v) is 4.41. The van der Waals surface area contributed by atoms with Gasteiger partial charge < -0.3 is 4.90 Å². The van der Waals surface area contributed by atoms with Crippen LogP contribution >= 0.6 is 0 Å². The average Bonchev–Trinajstić information content (AvgIpc) is 3.21. The van der Waals surface area contributed by atoms with Gasteiger partial charge in [-0.2, -0.15) is 10.2 Å². The topological polar surface area (TPSA) is 42.1 Å². The van der Waals surface area contributed by atoms with E-state index in [0.29, 0.717) is 13.0 Å². The zero-order valence-electron chi connectivity index (χ0n) is 13.8. The lowest BCUT2D eigenvalue weighted by atomic mass is 10.2. The first-order valence-electron chi connectivity index (χ1n) is 8.12. The maximum Gasteiger partial charge on any atom is 0.114 e. The number of hydrogen-bond acceptors (Lipinski definition) is 4. The second-order valence-corrected chi connectivity index (χ2v) is 6.47. The molecule has 0 bridgehead atoms. The van der Waals surface area contributed by atoms with Gasteiger partial charge in [0.05, 0.1) is 12.7 Å². The van der Waals surface area contributed by atoms with Crippen LogP contribution in [-0.2, 0) is 20.1 Å². The molecule has 0 saturated carbocycles. The van der Waals surface area contributed by atoms with Crippen LogP contribution in [-0.4, -0.2) is 68.3 Å². The SMILES string of the molecule is CN(CCn1cccn1)C[C@@H]1C[C@H](F)CN1Cc1cnn(C)c1. The van der Waals surface area contributed by atoms with E-state index in [2.05, 4.69) is 27.0 Å². The van der Waals surface area contributed by atoms with Crippen molar-refractivity contribution in [2.45, 2.75) is 31.7 Å². The molecule has 1 aliphatic rings. The molecule has 126 valence electrons. The van der Waals surface area contributed by atoms with Gasteiger partial charge in [0.25, 0.3) is 0 Å². The molecule has 7 heteroatoms. The molecule has 0 unspecified atom stereocenters. The molecule has 23 heavy (non-hydrogen) atoms. The standard InChI is InChI=1S/C16H25FN6/c1-20(6-7-23-5-3-4-18-23)13-16-8-15(17)12-22(16)11-14-9-19-21(2)10-14/h3-5,9-10,15-16H,6-8,11-13H2,1-2H3/t15-,16-/m0/s1. The predicted molar refractivity (Wildman–Crippen MR) is 86.6 cm³/mol. The molecule has 3 heterocycles. The molecule has 2 aromatic heterocycles. The van der Waals surface area contributed by atoms with Crippen LogP contribution < -0.4 is 0 Å². The van der Waals surface area contributed by atoms with E-state index in [-0.39, 0.29) is 6.04 Å². The van der Waals surface area contributed by atoms with E-state index in [1.54, 1.807) is 10.9 Å². The minimum Gasteiger partial charge on any atom is -0.303 e. The van der Waals surface area contributed by atoms with Crippen LogP contribution in [0.1, 0.15) is 12.0 Å². The Bertz CT molecular complexity index is 595. The quantitative estimate of drug-likeness (QED) is 0.768. The van der Waals surface area contributed by atoms with E-state index in [9.17, 15) is 4.39 Å². The van der Waals surface area contributed by atoms with Gasteiger partial charge in [-0.05, 0) is 19.5 Å². The van der Waals surface area contributed by atoms with E-state index in [1.165, 1.54) is 0 Å². The zero-order chi connectivity index (χ0) is 16.2. The van der Waals surface area contributed by atoms with Crippen LogP contribution in [0.15, 0.2) is 30.9 Å². The molecular formula is C16H25FN6. The number of aryl methyl sites for hydroxylation is 1. The van der Waals surface area contributed by atoms with Crippen molar-refractivity contribution in [1.82, 2.24) is 29.4 Å². The summed E-state index contributed by atoms with van der Waals surface area (Å²) < 4.78 is 17.6. The third kappa shape index (κ3) is 4.39. The van der Waals surface area contributed by atoms with Crippen molar-refractivity contribution in [3.8, 4) is 0 Å². The Kier molecular flexibility index (Phi) is 5.07. The summed E-state index contributed by atoms with van der Waals surface area (Å²) in [5.74, 6) is 0. The number of halogens is 1. The Hall–Kier alpha value is -1.73. The molecule has 0 amide bonds. The van der Waals surface area contributed by atoms with Gasteiger partial charge in [-0.1, -0.05) is 0 Å². The monoisotopic (exact) mass is 320 g/mol. The smallest absolute Gasteiger partial charge is 0.114 e. The normalized spacial score (nSPS) is 22.3. The Morgan fingerprint density at radius 1 is 1.39 bits per heavy atom. The van der Waals surface area contributed by atoms with Gasteiger partial charge in [0.2, 0.25) is 0 Å². The number of likely N-dealkylation sites (tertiary alicyclic amines) is 1.